The van der Waals surface area contributed by atoms with Crippen LogP contribution in [0.15, 0.2) is 29.4 Å². The molecule has 0 aliphatic carbocycles. The minimum atomic E-state index is -4.42. The van der Waals surface area contributed by atoms with E-state index < -0.39 is 11.7 Å². The Morgan fingerprint density at radius 2 is 2.04 bits per heavy atom. The molecule has 0 aliphatic rings. The first kappa shape index (κ1) is 21.2. The molecule has 0 spiro atoms. The molecule has 0 amide bonds. The van der Waals surface area contributed by atoms with Crippen molar-refractivity contribution < 1.29 is 17.9 Å². The van der Waals surface area contributed by atoms with E-state index in [-0.39, 0.29) is 12.5 Å². The highest BCUT2D eigenvalue weighted by Crippen LogP contribution is 2.29. The van der Waals surface area contributed by atoms with E-state index in [9.17, 15) is 13.2 Å². The van der Waals surface area contributed by atoms with Crippen LogP contribution in [0.1, 0.15) is 11.3 Å². The molecule has 0 fully saturated rings. The molecule has 2 aromatic rings. The third-order valence-electron chi connectivity index (χ3n) is 3.58. The number of hydrogen-bond donors (Lipinski definition) is 2. The van der Waals surface area contributed by atoms with Gasteiger partial charge in [0.25, 0.3) is 0 Å². The van der Waals surface area contributed by atoms with Crippen molar-refractivity contribution >= 4 is 29.2 Å². The highest BCUT2D eigenvalue weighted by Gasteiger charge is 2.30. The summed E-state index contributed by atoms with van der Waals surface area (Å²) in [5, 5.41) is 7.03. The van der Waals surface area contributed by atoms with E-state index in [1.54, 1.807) is 24.7 Å². The van der Waals surface area contributed by atoms with Crippen molar-refractivity contribution in [3.63, 3.8) is 0 Å². The Kier molecular flexibility index (Phi) is 7.20. The lowest BCUT2D eigenvalue weighted by molar-refractivity contribution is -0.137. The van der Waals surface area contributed by atoms with Crippen molar-refractivity contribution in [2.45, 2.75) is 12.7 Å². The average molecular weight is 424 g/mol. The number of nitrogens with one attached hydrogen (secondary N) is 2. The lowest BCUT2D eigenvalue weighted by atomic mass is 10.3. The van der Waals surface area contributed by atoms with Crippen LogP contribution in [-0.4, -0.2) is 35.7 Å². The molecular weight excluding hydrogens is 406 g/mol. The van der Waals surface area contributed by atoms with Gasteiger partial charge in [0.1, 0.15) is 11.8 Å². The second-order valence-corrected chi connectivity index (χ2v) is 6.18. The highest BCUT2D eigenvalue weighted by atomic mass is 35.5. The van der Waals surface area contributed by atoms with Crippen molar-refractivity contribution in [3.05, 3.63) is 45.8 Å². The summed E-state index contributed by atoms with van der Waals surface area (Å²) < 4.78 is 44.5. The van der Waals surface area contributed by atoms with Gasteiger partial charge in [-0.3, -0.25) is 4.99 Å². The van der Waals surface area contributed by atoms with Crippen LogP contribution in [0.4, 0.5) is 13.2 Å². The molecule has 2 rings (SSSR count). The molecule has 0 aromatic carbocycles. The molecule has 0 aliphatic heterocycles. The van der Waals surface area contributed by atoms with Crippen LogP contribution in [0.5, 0.6) is 5.88 Å². The third-order valence-corrected chi connectivity index (χ3v) is 4.43. The van der Waals surface area contributed by atoms with Gasteiger partial charge < -0.3 is 19.9 Å². The molecule has 11 heteroatoms. The van der Waals surface area contributed by atoms with Crippen molar-refractivity contribution in [3.8, 4) is 5.88 Å². The molecule has 0 saturated carbocycles. The SMILES string of the molecule is CN=C(NCCOc1ccc(C(F)(F)F)cn1)NCc1cc(Cl)c(Cl)n1C. The minimum Gasteiger partial charge on any atom is -0.476 e. The maximum atomic E-state index is 12.5. The van der Waals surface area contributed by atoms with Gasteiger partial charge >= 0.3 is 6.18 Å². The van der Waals surface area contributed by atoms with Gasteiger partial charge in [-0.2, -0.15) is 13.2 Å². The van der Waals surface area contributed by atoms with E-state index >= 15 is 0 Å². The first-order valence-corrected chi connectivity index (χ1v) is 8.58. The van der Waals surface area contributed by atoms with E-state index in [0.29, 0.717) is 29.2 Å². The van der Waals surface area contributed by atoms with E-state index in [4.69, 9.17) is 27.9 Å². The average Bonchev–Trinajstić information content (AvgIpc) is 2.87. The summed E-state index contributed by atoms with van der Waals surface area (Å²) in [7, 11) is 3.41. The highest BCUT2D eigenvalue weighted by molar-refractivity contribution is 6.41. The first-order valence-electron chi connectivity index (χ1n) is 7.82. The molecular formula is C16H18Cl2F3N5O. The van der Waals surface area contributed by atoms with Gasteiger partial charge in [-0.05, 0) is 12.1 Å². The molecule has 0 radical (unpaired) electrons. The van der Waals surface area contributed by atoms with Crippen LogP contribution in [-0.2, 0) is 19.8 Å². The Bertz CT molecular complexity index is 791. The van der Waals surface area contributed by atoms with Crippen LogP contribution in [0.25, 0.3) is 0 Å². The lowest BCUT2D eigenvalue weighted by Crippen LogP contribution is -2.39. The number of guanidine groups is 1. The maximum Gasteiger partial charge on any atom is 0.417 e. The summed E-state index contributed by atoms with van der Waals surface area (Å²) in [6.45, 7) is 1.02. The fourth-order valence-corrected chi connectivity index (χ4v) is 2.53. The zero-order valence-corrected chi connectivity index (χ0v) is 16.1. The number of nitrogens with zero attached hydrogens (tertiary/aromatic N) is 3. The van der Waals surface area contributed by atoms with Crippen LogP contribution in [0, 0.1) is 0 Å². The number of alkyl halides is 3. The molecule has 0 bridgehead atoms. The number of pyridine rings is 1. The topological polar surface area (TPSA) is 63.5 Å². The largest absolute Gasteiger partial charge is 0.476 e. The Hall–Kier alpha value is -2.13. The number of hydrogen-bond acceptors (Lipinski definition) is 3. The molecule has 2 aromatic heterocycles. The number of rotatable bonds is 6. The number of aromatic nitrogens is 2. The zero-order valence-electron chi connectivity index (χ0n) is 14.6. The summed E-state index contributed by atoms with van der Waals surface area (Å²) in [4.78, 5) is 7.70. The third kappa shape index (κ3) is 5.93. The quantitative estimate of drug-likeness (QED) is 0.424. The predicted molar refractivity (Wildman–Crippen MR) is 98.4 cm³/mol. The molecule has 0 atom stereocenters. The minimum absolute atomic E-state index is 0.112. The summed E-state index contributed by atoms with van der Waals surface area (Å²) in [6, 6.07) is 3.86. The molecule has 0 unspecified atom stereocenters. The molecule has 27 heavy (non-hydrogen) atoms. The number of halogens is 5. The van der Waals surface area contributed by atoms with Crippen LogP contribution in [0.3, 0.4) is 0 Å². The molecule has 148 valence electrons. The number of ether oxygens (including phenoxy) is 1. The summed E-state index contributed by atoms with van der Waals surface area (Å²) in [5.41, 5.74) is 0.0524. The molecule has 2 heterocycles. The van der Waals surface area contributed by atoms with Gasteiger partial charge in [-0.1, -0.05) is 23.2 Å². The van der Waals surface area contributed by atoms with Crippen LogP contribution < -0.4 is 15.4 Å². The standard InChI is InChI=1S/C16H18Cl2F3N5O/c1-22-15(25-9-11-7-12(17)14(18)26(11)2)23-5-6-27-13-4-3-10(8-24-13)16(19,20)21/h3-4,7-8H,5-6,9H2,1-2H3,(H2,22,23,25). The summed E-state index contributed by atoms with van der Waals surface area (Å²) in [5.74, 6) is 0.633. The Labute approximate surface area is 164 Å². The maximum absolute atomic E-state index is 12.5. The lowest BCUT2D eigenvalue weighted by Gasteiger charge is -2.13. The Morgan fingerprint density at radius 3 is 2.56 bits per heavy atom. The summed E-state index contributed by atoms with van der Waals surface area (Å²) >= 11 is 12.0. The smallest absolute Gasteiger partial charge is 0.417 e. The van der Waals surface area contributed by atoms with Crippen molar-refractivity contribution in [2.75, 3.05) is 20.2 Å². The van der Waals surface area contributed by atoms with Crippen molar-refractivity contribution in [1.29, 1.82) is 0 Å². The predicted octanol–water partition coefficient (Wildman–Crippen LogP) is 3.49. The van der Waals surface area contributed by atoms with E-state index in [1.165, 1.54) is 6.07 Å². The van der Waals surface area contributed by atoms with E-state index in [0.717, 1.165) is 18.0 Å². The van der Waals surface area contributed by atoms with Gasteiger partial charge in [-0.25, -0.2) is 4.98 Å². The molecule has 6 nitrogen and oxygen atoms in total. The summed E-state index contributed by atoms with van der Waals surface area (Å²) in [6.07, 6.45) is -3.68. The fourth-order valence-electron chi connectivity index (χ4n) is 2.11. The monoisotopic (exact) mass is 423 g/mol. The van der Waals surface area contributed by atoms with Gasteiger partial charge in [0.2, 0.25) is 5.88 Å². The van der Waals surface area contributed by atoms with Gasteiger partial charge in [-0.15, -0.1) is 0 Å². The molecule has 2 N–H and O–H groups in total. The Balaban J connectivity index is 1.75. The van der Waals surface area contributed by atoms with Crippen LogP contribution in [0.2, 0.25) is 10.2 Å². The number of aliphatic imine (C=N–C) groups is 1. The van der Waals surface area contributed by atoms with Gasteiger partial charge in [0.05, 0.1) is 23.7 Å². The van der Waals surface area contributed by atoms with Crippen molar-refractivity contribution in [2.24, 2.45) is 12.0 Å². The second-order valence-electron chi connectivity index (χ2n) is 5.42. The van der Waals surface area contributed by atoms with Gasteiger partial charge in [0, 0.05) is 32.1 Å². The first-order chi connectivity index (χ1) is 12.7. The fraction of sp³-hybridized carbons (Fsp3) is 0.375. The van der Waals surface area contributed by atoms with Crippen LogP contribution >= 0.6 is 23.2 Å². The molecule has 0 saturated heterocycles. The normalized spacial score (nSPS) is 12.2. The van der Waals surface area contributed by atoms with E-state index in [1.807, 2.05) is 0 Å². The van der Waals surface area contributed by atoms with Gasteiger partial charge in [0.15, 0.2) is 5.96 Å². The Morgan fingerprint density at radius 1 is 1.30 bits per heavy atom. The van der Waals surface area contributed by atoms with Crippen molar-refractivity contribution in [1.82, 2.24) is 20.2 Å². The zero-order chi connectivity index (χ0) is 20.0. The van der Waals surface area contributed by atoms with E-state index in [2.05, 4.69) is 20.6 Å². The second kappa shape index (κ2) is 9.18.